The summed E-state index contributed by atoms with van der Waals surface area (Å²) in [6.45, 7) is 11.7. The predicted octanol–water partition coefficient (Wildman–Crippen LogP) is 3.48. The maximum Gasteiger partial charge on any atom is 0.252 e. The molecule has 3 heterocycles. The molecule has 0 unspecified atom stereocenters. The fraction of sp³-hybridized carbons (Fsp3) is 0.231. The number of aromatic nitrogens is 3. The minimum atomic E-state index is -0.227. The van der Waals surface area contributed by atoms with Gasteiger partial charge in [0.1, 0.15) is 5.65 Å². The Bertz CT molecular complexity index is 1340. The van der Waals surface area contributed by atoms with Crippen molar-refractivity contribution in [1.82, 2.24) is 19.4 Å². The van der Waals surface area contributed by atoms with Gasteiger partial charge >= 0.3 is 0 Å². The Morgan fingerprint density at radius 1 is 1.12 bits per heavy atom. The van der Waals surface area contributed by atoms with Crippen LogP contribution in [0.25, 0.3) is 11.0 Å². The van der Waals surface area contributed by atoms with Gasteiger partial charge in [0, 0.05) is 55.2 Å². The molecular weight excluding hydrogens is 426 g/mol. The van der Waals surface area contributed by atoms with Crippen molar-refractivity contribution in [3.05, 3.63) is 89.4 Å². The number of nitrogens with one attached hydrogen (secondary N) is 1. The Morgan fingerprint density at radius 3 is 2.50 bits per heavy atom. The maximum atomic E-state index is 12.7. The number of likely N-dealkylation sites (N-methyl/N-ethyl adjacent to an activating group) is 1. The third kappa shape index (κ3) is 4.90. The Balaban J connectivity index is 1.61. The zero-order chi connectivity index (χ0) is 24.1. The fourth-order valence-electron chi connectivity index (χ4n) is 3.91. The monoisotopic (exact) mass is 453 g/mol. The molecule has 34 heavy (non-hydrogen) atoms. The highest BCUT2D eigenvalue weighted by Gasteiger charge is 2.14. The van der Waals surface area contributed by atoms with Crippen LogP contribution < -0.4 is 15.8 Å². The molecule has 1 aliphatic rings. The molecule has 1 aliphatic heterocycles. The number of nitriles is 1. The topological polar surface area (TPSA) is 90.1 Å². The van der Waals surface area contributed by atoms with E-state index < -0.39 is 0 Å². The van der Waals surface area contributed by atoms with Gasteiger partial charge in [-0.05, 0) is 43.0 Å². The van der Waals surface area contributed by atoms with Crippen LogP contribution in [0.5, 0.6) is 0 Å². The van der Waals surface area contributed by atoms with Crippen molar-refractivity contribution in [2.45, 2.75) is 6.54 Å². The van der Waals surface area contributed by atoms with Gasteiger partial charge in [-0.3, -0.25) is 9.36 Å². The van der Waals surface area contributed by atoms with E-state index in [-0.39, 0.29) is 12.1 Å². The summed E-state index contributed by atoms with van der Waals surface area (Å²) in [5.41, 5.74) is 3.25. The van der Waals surface area contributed by atoms with Gasteiger partial charge in [0.2, 0.25) is 5.95 Å². The Hall–Kier alpha value is -4.22. The molecule has 0 bridgehead atoms. The van der Waals surface area contributed by atoms with E-state index in [1.807, 2.05) is 12.1 Å². The number of benzene rings is 1. The molecule has 4 rings (SSSR count). The number of fused-ring (bicyclic) bond motifs is 1. The molecule has 1 N–H and O–H groups in total. The number of anilines is 3. The van der Waals surface area contributed by atoms with E-state index in [1.165, 1.54) is 22.4 Å². The first-order chi connectivity index (χ1) is 16.5. The Labute approximate surface area is 198 Å². The normalized spacial score (nSPS) is 14.9. The summed E-state index contributed by atoms with van der Waals surface area (Å²) in [6, 6.07) is 13.4. The van der Waals surface area contributed by atoms with Gasteiger partial charge in [-0.15, -0.1) is 0 Å². The fourth-order valence-corrected chi connectivity index (χ4v) is 3.91. The molecule has 172 valence electrons. The number of allylic oxidation sites excluding steroid dienone is 4. The van der Waals surface area contributed by atoms with Crippen molar-refractivity contribution in [3.63, 3.8) is 0 Å². The Kier molecular flexibility index (Phi) is 6.85. The summed E-state index contributed by atoms with van der Waals surface area (Å²) in [5, 5.41) is 13.3. The molecule has 0 amide bonds. The van der Waals surface area contributed by atoms with Crippen LogP contribution >= 0.6 is 0 Å². The van der Waals surface area contributed by atoms with E-state index in [0.717, 1.165) is 37.3 Å². The van der Waals surface area contributed by atoms with Crippen molar-refractivity contribution in [2.75, 3.05) is 43.4 Å². The number of piperazine rings is 1. The largest absolute Gasteiger partial charge is 0.369 e. The van der Waals surface area contributed by atoms with Gasteiger partial charge in [0.05, 0.1) is 18.2 Å². The number of hydrogen-bond donors (Lipinski definition) is 1. The van der Waals surface area contributed by atoms with E-state index in [2.05, 4.69) is 63.5 Å². The van der Waals surface area contributed by atoms with E-state index in [4.69, 9.17) is 0 Å². The predicted molar refractivity (Wildman–Crippen MR) is 136 cm³/mol. The SMILES string of the molecule is C=C/C(C#N)=C(\C=C)Cn1c(=O)ccc2cnc(Nc3ccc(N4CCN(C)CC4)cc3)nc21. The summed E-state index contributed by atoms with van der Waals surface area (Å²) in [4.78, 5) is 26.4. The summed E-state index contributed by atoms with van der Waals surface area (Å²) in [6.07, 6.45) is 4.70. The van der Waals surface area contributed by atoms with Gasteiger partial charge in [0.25, 0.3) is 5.56 Å². The van der Waals surface area contributed by atoms with E-state index >= 15 is 0 Å². The molecule has 8 heteroatoms. The molecule has 8 nitrogen and oxygen atoms in total. The van der Waals surface area contributed by atoms with Crippen LogP contribution in [0.2, 0.25) is 0 Å². The van der Waals surface area contributed by atoms with E-state index in [0.29, 0.717) is 22.7 Å². The van der Waals surface area contributed by atoms with Crippen LogP contribution in [0.15, 0.2) is 83.8 Å². The third-order valence-electron chi connectivity index (χ3n) is 5.96. The molecule has 1 aromatic carbocycles. The summed E-state index contributed by atoms with van der Waals surface area (Å²) >= 11 is 0. The number of rotatable bonds is 7. The second-order valence-electron chi connectivity index (χ2n) is 8.15. The molecule has 2 aromatic heterocycles. The van der Waals surface area contributed by atoms with E-state index in [1.54, 1.807) is 18.3 Å². The quantitative estimate of drug-likeness (QED) is 0.433. The number of nitrogens with zero attached hydrogens (tertiary/aromatic N) is 6. The van der Waals surface area contributed by atoms with Crippen molar-refractivity contribution < 1.29 is 0 Å². The minimum absolute atomic E-state index is 0.158. The van der Waals surface area contributed by atoms with Crippen LogP contribution in [0, 0.1) is 11.3 Å². The zero-order valence-electron chi connectivity index (χ0n) is 19.2. The van der Waals surface area contributed by atoms with Crippen LogP contribution in [0.1, 0.15) is 0 Å². The Morgan fingerprint density at radius 2 is 1.85 bits per heavy atom. The highest BCUT2D eigenvalue weighted by molar-refractivity contribution is 5.76. The molecule has 1 fully saturated rings. The van der Waals surface area contributed by atoms with Crippen molar-refractivity contribution in [2.24, 2.45) is 0 Å². The zero-order valence-corrected chi connectivity index (χ0v) is 19.2. The summed E-state index contributed by atoms with van der Waals surface area (Å²) in [7, 11) is 2.14. The average molecular weight is 454 g/mol. The van der Waals surface area contributed by atoms with Crippen molar-refractivity contribution in [3.8, 4) is 6.07 Å². The van der Waals surface area contributed by atoms with Crippen molar-refractivity contribution in [1.29, 1.82) is 5.26 Å². The first-order valence-corrected chi connectivity index (χ1v) is 11.1. The van der Waals surface area contributed by atoms with Gasteiger partial charge in [-0.25, -0.2) is 4.98 Å². The molecule has 0 spiro atoms. The average Bonchev–Trinajstić information content (AvgIpc) is 2.86. The minimum Gasteiger partial charge on any atom is -0.369 e. The van der Waals surface area contributed by atoms with Crippen LogP contribution in [-0.4, -0.2) is 52.7 Å². The second-order valence-corrected chi connectivity index (χ2v) is 8.15. The molecule has 0 atom stereocenters. The van der Waals surface area contributed by atoms with Crippen molar-refractivity contribution >= 4 is 28.4 Å². The summed E-state index contributed by atoms with van der Waals surface area (Å²) < 4.78 is 1.51. The highest BCUT2D eigenvalue weighted by atomic mass is 16.1. The number of hydrogen-bond acceptors (Lipinski definition) is 7. The first-order valence-electron chi connectivity index (χ1n) is 11.1. The van der Waals surface area contributed by atoms with Gasteiger partial charge in [-0.2, -0.15) is 10.2 Å². The van der Waals surface area contributed by atoms with E-state index in [9.17, 15) is 10.1 Å². The smallest absolute Gasteiger partial charge is 0.252 e. The van der Waals surface area contributed by atoms with Crippen LogP contribution in [0.3, 0.4) is 0 Å². The molecule has 3 aromatic rings. The lowest BCUT2D eigenvalue weighted by atomic mass is 10.1. The highest BCUT2D eigenvalue weighted by Crippen LogP contribution is 2.22. The number of pyridine rings is 1. The van der Waals surface area contributed by atoms with Gasteiger partial charge in [0.15, 0.2) is 0 Å². The summed E-state index contributed by atoms with van der Waals surface area (Å²) in [5.74, 6) is 0.382. The molecule has 0 saturated carbocycles. The third-order valence-corrected chi connectivity index (χ3v) is 5.96. The molecule has 1 saturated heterocycles. The lowest BCUT2D eigenvalue weighted by Gasteiger charge is -2.34. The molecule has 0 aliphatic carbocycles. The lowest BCUT2D eigenvalue weighted by Crippen LogP contribution is -2.44. The standard InChI is InChI=1S/C26H27N7O/c1-4-19(16-27)20(5-2)18-33-24(34)11-6-21-17-28-26(30-25(21)33)29-22-7-9-23(10-8-22)32-14-12-31(3)13-15-32/h4-11,17H,1-2,12-15,18H2,3H3,(H,28,29,30)/b20-19-. The molecular formula is C26H27N7O. The van der Waals surface area contributed by atoms with Gasteiger partial charge in [-0.1, -0.05) is 25.3 Å². The second kappa shape index (κ2) is 10.1. The van der Waals surface area contributed by atoms with Crippen LogP contribution in [0.4, 0.5) is 17.3 Å². The maximum absolute atomic E-state index is 12.7. The van der Waals surface area contributed by atoms with Crippen LogP contribution in [-0.2, 0) is 6.54 Å². The molecule has 0 radical (unpaired) electrons. The lowest BCUT2D eigenvalue weighted by molar-refractivity contribution is 0.313. The first kappa shape index (κ1) is 23.0. The van der Waals surface area contributed by atoms with Gasteiger partial charge < -0.3 is 15.1 Å².